The van der Waals surface area contributed by atoms with Crippen LogP contribution in [0, 0.1) is 13.0 Å². The van der Waals surface area contributed by atoms with Crippen LogP contribution in [-0.2, 0) is 5.67 Å². The van der Waals surface area contributed by atoms with E-state index in [4.69, 9.17) is 11.6 Å². The van der Waals surface area contributed by atoms with Crippen molar-refractivity contribution in [1.29, 1.82) is 0 Å². The number of rotatable bonds is 1. The van der Waals surface area contributed by atoms with Crippen molar-refractivity contribution in [2.45, 2.75) is 24.9 Å². The largest absolute Gasteiger partial charge is 0.435 e. The van der Waals surface area contributed by atoms with Crippen LogP contribution in [0.5, 0.6) is 0 Å². The number of hydrogen-bond donors (Lipinski definition) is 0. The van der Waals surface area contributed by atoms with Crippen LogP contribution in [0.25, 0.3) is 0 Å². The van der Waals surface area contributed by atoms with Gasteiger partial charge in [0.15, 0.2) is 0 Å². The Morgan fingerprint density at radius 1 is 0.944 bits per heavy atom. The maximum Gasteiger partial charge on any atom is 0.435 e. The second-order valence-electron chi connectivity index (χ2n) is 3.55. The fourth-order valence-electron chi connectivity index (χ4n) is 1.36. The fourth-order valence-corrected chi connectivity index (χ4v) is 1.63. The van der Waals surface area contributed by atoms with Gasteiger partial charge < -0.3 is 0 Å². The van der Waals surface area contributed by atoms with E-state index in [1.54, 1.807) is 0 Å². The van der Waals surface area contributed by atoms with E-state index in [2.05, 4.69) is 6.07 Å². The first-order valence-electron chi connectivity index (χ1n) is 4.42. The SMILES string of the molecule is Cc1[c]c(Cl)cc(C(F)(C(F)(F)F)C(F)(F)F)c1. The Kier molecular flexibility index (Phi) is 3.60. The summed E-state index contributed by atoms with van der Waals surface area (Å²) in [6.45, 7) is 1.16. The molecule has 0 fully saturated rings. The molecule has 1 aromatic carbocycles. The highest BCUT2D eigenvalue weighted by molar-refractivity contribution is 6.30. The summed E-state index contributed by atoms with van der Waals surface area (Å²) >= 11 is 5.30. The highest BCUT2D eigenvalue weighted by Crippen LogP contribution is 2.53. The van der Waals surface area contributed by atoms with Crippen molar-refractivity contribution in [2.75, 3.05) is 0 Å². The molecule has 0 heterocycles. The van der Waals surface area contributed by atoms with Gasteiger partial charge in [0, 0.05) is 16.7 Å². The third-order valence-corrected chi connectivity index (χ3v) is 2.35. The number of benzene rings is 1. The first-order chi connectivity index (χ1) is 7.89. The van der Waals surface area contributed by atoms with Gasteiger partial charge in [0.05, 0.1) is 0 Å². The normalized spacial score (nSPS) is 13.8. The van der Waals surface area contributed by atoms with Gasteiger partial charge >= 0.3 is 18.0 Å². The molecular formula is C10H5ClF7. The van der Waals surface area contributed by atoms with E-state index in [1.165, 1.54) is 0 Å². The maximum absolute atomic E-state index is 13.6. The zero-order valence-corrected chi connectivity index (χ0v) is 9.43. The van der Waals surface area contributed by atoms with Gasteiger partial charge in [-0.3, -0.25) is 0 Å². The highest BCUT2D eigenvalue weighted by atomic mass is 35.5. The topological polar surface area (TPSA) is 0 Å². The van der Waals surface area contributed by atoms with Gasteiger partial charge in [-0.15, -0.1) is 0 Å². The lowest BCUT2D eigenvalue weighted by Crippen LogP contribution is -2.50. The monoisotopic (exact) mass is 293 g/mol. The van der Waals surface area contributed by atoms with E-state index in [-0.39, 0.29) is 11.6 Å². The second kappa shape index (κ2) is 4.29. The Morgan fingerprint density at radius 3 is 1.72 bits per heavy atom. The molecule has 0 saturated heterocycles. The summed E-state index contributed by atoms with van der Waals surface area (Å²) in [6.07, 6.45) is -12.3. The summed E-state index contributed by atoms with van der Waals surface area (Å²) < 4.78 is 88.0. The molecule has 1 rings (SSSR count). The second-order valence-corrected chi connectivity index (χ2v) is 3.96. The van der Waals surface area contributed by atoms with Crippen LogP contribution in [0.3, 0.4) is 0 Å². The van der Waals surface area contributed by atoms with Crippen LogP contribution >= 0.6 is 11.6 Å². The molecule has 8 heteroatoms. The molecule has 0 spiro atoms. The highest BCUT2D eigenvalue weighted by Gasteiger charge is 2.73. The Labute approximate surface area is 102 Å². The summed E-state index contributed by atoms with van der Waals surface area (Å²) in [5.41, 5.74) is -7.19. The molecule has 0 atom stereocenters. The lowest BCUT2D eigenvalue weighted by Gasteiger charge is -2.30. The van der Waals surface area contributed by atoms with E-state index in [0.29, 0.717) is 6.07 Å². The van der Waals surface area contributed by atoms with Crippen LogP contribution in [0.1, 0.15) is 11.1 Å². The van der Waals surface area contributed by atoms with Gasteiger partial charge in [0.25, 0.3) is 0 Å². The summed E-state index contributed by atoms with van der Waals surface area (Å²) in [4.78, 5) is 0. The minimum atomic E-state index is -6.14. The van der Waals surface area contributed by atoms with Crippen molar-refractivity contribution in [3.63, 3.8) is 0 Å². The summed E-state index contributed by atoms with van der Waals surface area (Å²) in [5, 5.41) is -0.527. The molecule has 101 valence electrons. The zero-order chi connectivity index (χ0) is 14.4. The predicted octanol–water partition coefficient (Wildman–Crippen LogP) is 4.74. The molecule has 0 aromatic heterocycles. The molecule has 0 unspecified atom stereocenters. The van der Waals surface area contributed by atoms with Crippen LogP contribution in [-0.4, -0.2) is 12.4 Å². The Morgan fingerprint density at radius 2 is 1.39 bits per heavy atom. The molecule has 0 amide bonds. The van der Waals surface area contributed by atoms with E-state index >= 15 is 0 Å². The van der Waals surface area contributed by atoms with E-state index < -0.39 is 28.6 Å². The van der Waals surface area contributed by atoms with Gasteiger partial charge in [-0.25, -0.2) is 4.39 Å². The summed E-state index contributed by atoms with van der Waals surface area (Å²) in [7, 11) is 0. The standard InChI is InChI=1S/C10H5ClF7/c1-5-2-6(4-7(11)3-5)8(12,9(13,14)15)10(16,17)18/h2,4H,1H3. The van der Waals surface area contributed by atoms with E-state index in [1.807, 2.05) is 0 Å². The lowest BCUT2D eigenvalue weighted by atomic mass is 9.93. The lowest BCUT2D eigenvalue weighted by molar-refractivity contribution is -0.348. The van der Waals surface area contributed by atoms with Crippen LogP contribution < -0.4 is 0 Å². The quantitative estimate of drug-likeness (QED) is 0.656. The van der Waals surface area contributed by atoms with Gasteiger partial charge in [-0.1, -0.05) is 17.7 Å². The molecule has 0 nitrogen and oxygen atoms in total. The van der Waals surface area contributed by atoms with Gasteiger partial charge in [-0.2, -0.15) is 26.3 Å². The first kappa shape index (κ1) is 15.1. The van der Waals surface area contributed by atoms with Crippen LogP contribution in [0.2, 0.25) is 5.02 Å². The van der Waals surface area contributed by atoms with Gasteiger partial charge in [0.1, 0.15) is 0 Å². The van der Waals surface area contributed by atoms with Crippen molar-refractivity contribution in [1.82, 2.24) is 0 Å². The van der Waals surface area contributed by atoms with Crippen molar-refractivity contribution >= 4 is 11.6 Å². The maximum atomic E-state index is 13.6. The van der Waals surface area contributed by atoms with Gasteiger partial charge in [0.2, 0.25) is 0 Å². The number of alkyl halides is 7. The first-order valence-corrected chi connectivity index (χ1v) is 4.79. The Balaban J connectivity index is 3.55. The molecule has 0 aliphatic heterocycles. The fraction of sp³-hybridized carbons (Fsp3) is 0.400. The van der Waals surface area contributed by atoms with E-state index in [0.717, 1.165) is 6.92 Å². The van der Waals surface area contributed by atoms with E-state index in [9.17, 15) is 30.7 Å². The summed E-state index contributed by atoms with van der Waals surface area (Å²) in [6, 6.07) is 2.92. The molecular weight excluding hydrogens is 289 g/mol. The van der Waals surface area contributed by atoms with Crippen LogP contribution in [0.15, 0.2) is 12.1 Å². The zero-order valence-electron chi connectivity index (χ0n) is 8.68. The third-order valence-electron chi connectivity index (χ3n) is 2.15. The predicted molar refractivity (Wildman–Crippen MR) is 49.9 cm³/mol. The molecule has 0 bridgehead atoms. The minimum Gasteiger partial charge on any atom is -0.218 e. The molecule has 0 saturated carbocycles. The van der Waals surface area contributed by atoms with Crippen molar-refractivity contribution < 1.29 is 30.7 Å². The molecule has 1 aromatic rings. The van der Waals surface area contributed by atoms with Crippen LogP contribution in [0.4, 0.5) is 30.7 Å². The minimum absolute atomic E-state index is 0.131. The molecule has 0 N–H and O–H groups in total. The van der Waals surface area contributed by atoms with Gasteiger partial charge in [-0.05, 0) is 18.6 Å². The number of halogens is 8. The molecule has 1 radical (unpaired) electrons. The number of hydrogen-bond acceptors (Lipinski definition) is 0. The number of aryl methyl sites for hydroxylation is 1. The Hall–Kier alpha value is -0.980. The van der Waals surface area contributed by atoms with Crippen molar-refractivity contribution in [3.8, 4) is 0 Å². The van der Waals surface area contributed by atoms with Crippen molar-refractivity contribution in [3.05, 3.63) is 34.3 Å². The summed E-state index contributed by atoms with van der Waals surface area (Å²) in [5.74, 6) is 0. The Bertz CT molecular complexity index is 412. The molecule has 0 aliphatic rings. The smallest absolute Gasteiger partial charge is 0.218 e. The third kappa shape index (κ3) is 2.41. The molecule has 0 aliphatic carbocycles. The van der Waals surface area contributed by atoms with Crippen molar-refractivity contribution in [2.24, 2.45) is 0 Å². The average Bonchev–Trinajstić information content (AvgIpc) is 2.11. The average molecular weight is 294 g/mol. The molecule has 18 heavy (non-hydrogen) atoms.